The Kier molecular flexibility index (Phi) is 4.95. The quantitative estimate of drug-likeness (QED) is 0.523. The van der Waals surface area contributed by atoms with E-state index in [1.165, 1.54) is 34.1 Å². The van der Waals surface area contributed by atoms with Crippen LogP contribution in [0.25, 0.3) is 10.2 Å². The fourth-order valence-electron chi connectivity index (χ4n) is 3.41. The van der Waals surface area contributed by atoms with E-state index in [9.17, 15) is 14.7 Å². The Hall–Kier alpha value is -3.00. The Morgan fingerprint density at radius 2 is 2.21 bits per heavy atom. The van der Waals surface area contributed by atoms with Crippen molar-refractivity contribution in [2.24, 2.45) is 11.0 Å². The van der Waals surface area contributed by atoms with Gasteiger partial charge in [-0.1, -0.05) is 6.92 Å². The van der Waals surface area contributed by atoms with Gasteiger partial charge in [-0.3, -0.25) is 14.2 Å². The van der Waals surface area contributed by atoms with Gasteiger partial charge >= 0.3 is 0 Å². The van der Waals surface area contributed by atoms with Crippen LogP contribution >= 0.6 is 11.3 Å². The minimum Gasteiger partial charge on any atom is -0.508 e. The Morgan fingerprint density at radius 3 is 3.00 bits per heavy atom. The molecule has 0 fully saturated rings. The van der Waals surface area contributed by atoms with Gasteiger partial charge in [-0.15, -0.1) is 11.3 Å². The molecule has 28 heavy (non-hydrogen) atoms. The van der Waals surface area contributed by atoms with Gasteiger partial charge in [-0.2, -0.15) is 5.10 Å². The van der Waals surface area contributed by atoms with E-state index in [2.05, 4.69) is 22.4 Å². The van der Waals surface area contributed by atoms with Crippen molar-refractivity contribution in [1.29, 1.82) is 0 Å². The molecule has 1 aliphatic carbocycles. The predicted molar refractivity (Wildman–Crippen MR) is 109 cm³/mol. The molecule has 2 heterocycles. The van der Waals surface area contributed by atoms with Crippen LogP contribution in [-0.4, -0.2) is 26.8 Å². The lowest BCUT2D eigenvalue weighted by Crippen LogP contribution is -2.30. The number of phenols is 1. The van der Waals surface area contributed by atoms with E-state index in [1.54, 1.807) is 23.5 Å². The number of benzene rings is 1. The van der Waals surface area contributed by atoms with E-state index in [0.29, 0.717) is 11.3 Å². The molecule has 0 saturated heterocycles. The van der Waals surface area contributed by atoms with Crippen LogP contribution in [0.3, 0.4) is 0 Å². The summed E-state index contributed by atoms with van der Waals surface area (Å²) in [6.07, 6.45) is 5.85. The molecule has 0 spiro atoms. The summed E-state index contributed by atoms with van der Waals surface area (Å²) in [5.74, 6) is 0.379. The Morgan fingerprint density at radius 1 is 1.43 bits per heavy atom. The SMILES string of the molecule is C[C@@H]1CCc2c(sc3ncn(CC(=O)N/N=C/c4ccc(O)cc4)c(=O)c23)C1. The van der Waals surface area contributed by atoms with Crippen molar-refractivity contribution in [3.05, 3.63) is 57.0 Å². The lowest BCUT2D eigenvalue weighted by atomic mass is 9.89. The van der Waals surface area contributed by atoms with Gasteiger partial charge in [-0.05, 0) is 60.6 Å². The number of hydrogen-bond donors (Lipinski definition) is 2. The first-order chi connectivity index (χ1) is 13.5. The molecule has 2 aromatic heterocycles. The molecule has 8 heteroatoms. The van der Waals surface area contributed by atoms with Gasteiger partial charge in [0.05, 0.1) is 17.9 Å². The van der Waals surface area contributed by atoms with Crippen LogP contribution in [0.5, 0.6) is 5.75 Å². The molecule has 0 radical (unpaired) electrons. The molecular weight excluding hydrogens is 376 g/mol. The molecule has 2 N–H and O–H groups in total. The van der Waals surface area contributed by atoms with E-state index < -0.39 is 5.91 Å². The lowest BCUT2D eigenvalue weighted by Gasteiger charge is -2.17. The van der Waals surface area contributed by atoms with Gasteiger partial charge in [0, 0.05) is 4.88 Å². The number of thiophene rings is 1. The largest absolute Gasteiger partial charge is 0.508 e. The number of aryl methyl sites for hydroxylation is 1. The number of carbonyl (C=O) groups excluding carboxylic acids is 1. The smallest absolute Gasteiger partial charge is 0.262 e. The van der Waals surface area contributed by atoms with Crippen molar-refractivity contribution >= 4 is 33.7 Å². The van der Waals surface area contributed by atoms with Crippen LogP contribution in [0.1, 0.15) is 29.3 Å². The number of nitrogens with zero attached hydrogens (tertiary/aromatic N) is 3. The molecule has 4 rings (SSSR count). The third-order valence-electron chi connectivity index (χ3n) is 4.89. The fourth-order valence-corrected chi connectivity index (χ4v) is 4.75. The van der Waals surface area contributed by atoms with Crippen molar-refractivity contribution < 1.29 is 9.90 Å². The van der Waals surface area contributed by atoms with Crippen LogP contribution in [0.2, 0.25) is 0 Å². The van der Waals surface area contributed by atoms with Crippen molar-refractivity contribution in [1.82, 2.24) is 15.0 Å². The molecule has 144 valence electrons. The van der Waals surface area contributed by atoms with Crippen molar-refractivity contribution in [2.75, 3.05) is 0 Å². The average molecular weight is 396 g/mol. The lowest BCUT2D eigenvalue weighted by molar-refractivity contribution is -0.121. The fraction of sp³-hybridized carbons (Fsp3) is 0.300. The van der Waals surface area contributed by atoms with E-state index in [-0.39, 0.29) is 17.9 Å². The number of nitrogens with one attached hydrogen (secondary N) is 1. The summed E-state index contributed by atoms with van der Waals surface area (Å²) < 4.78 is 1.33. The van der Waals surface area contributed by atoms with Gasteiger partial charge < -0.3 is 5.11 Å². The van der Waals surface area contributed by atoms with E-state index in [0.717, 1.165) is 35.2 Å². The molecule has 1 aromatic carbocycles. The van der Waals surface area contributed by atoms with E-state index in [1.807, 2.05) is 0 Å². The minimum atomic E-state index is -0.406. The standard InChI is InChI=1S/C20H20N4O3S/c1-12-2-7-15-16(8-12)28-19-18(15)20(27)24(11-21-19)10-17(26)23-22-9-13-3-5-14(25)6-4-13/h3-6,9,11-12,25H,2,7-8,10H2,1H3,(H,23,26)/b22-9+/t12-/m1/s1. The van der Waals surface area contributed by atoms with Crippen LogP contribution in [0.15, 0.2) is 40.5 Å². The van der Waals surface area contributed by atoms with Gasteiger partial charge in [-0.25, -0.2) is 10.4 Å². The molecule has 0 bridgehead atoms. The summed E-state index contributed by atoms with van der Waals surface area (Å²) in [5.41, 5.74) is 4.08. The first-order valence-electron chi connectivity index (χ1n) is 9.12. The van der Waals surface area contributed by atoms with Crippen molar-refractivity contribution in [3.8, 4) is 5.75 Å². The highest BCUT2D eigenvalue weighted by molar-refractivity contribution is 7.18. The van der Waals surface area contributed by atoms with Gasteiger partial charge in [0.2, 0.25) is 0 Å². The average Bonchev–Trinajstić information content (AvgIpc) is 3.04. The molecule has 1 aliphatic rings. The second-order valence-electron chi connectivity index (χ2n) is 7.09. The van der Waals surface area contributed by atoms with Gasteiger partial charge in [0.1, 0.15) is 17.1 Å². The number of amides is 1. The molecule has 7 nitrogen and oxygen atoms in total. The minimum absolute atomic E-state index is 0.143. The number of phenolic OH excluding ortho intramolecular Hbond substituents is 1. The summed E-state index contributed by atoms with van der Waals surface area (Å²) >= 11 is 1.59. The highest BCUT2D eigenvalue weighted by Gasteiger charge is 2.23. The summed E-state index contributed by atoms with van der Waals surface area (Å²) in [7, 11) is 0. The normalized spacial score (nSPS) is 16.4. The first kappa shape index (κ1) is 18.4. The maximum absolute atomic E-state index is 12.9. The first-order valence-corrected chi connectivity index (χ1v) is 9.93. The Labute approximate surface area is 165 Å². The van der Waals surface area contributed by atoms with Crippen LogP contribution in [0.4, 0.5) is 0 Å². The zero-order chi connectivity index (χ0) is 19.7. The maximum Gasteiger partial charge on any atom is 0.262 e. The molecule has 0 unspecified atom stereocenters. The molecule has 3 aromatic rings. The third kappa shape index (κ3) is 3.68. The highest BCUT2D eigenvalue weighted by Crippen LogP contribution is 2.35. The molecule has 0 saturated carbocycles. The zero-order valence-electron chi connectivity index (χ0n) is 15.4. The van der Waals surface area contributed by atoms with Crippen LogP contribution in [-0.2, 0) is 24.2 Å². The summed E-state index contributed by atoms with van der Waals surface area (Å²) in [5, 5.41) is 13.8. The van der Waals surface area contributed by atoms with E-state index >= 15 is 0 Å². The molecule has 1 atom stereocenters. The maximum atomic E-state index is 12.9. The predicted octanol–water partition coefficient (Wildman–Crippen LogP) is 2.44. The van der Waals surface area contributed by atoms with Gasteiger partial charge in [0.25, 0.3) is 11.5 Å². The Balaban J connectivity index is 1.50. The Bertz CT molecular complexity index is 1110. The summed E-state index contributed by atoms with van der Waals surface area (Å²) in [4.78, 5) is 31.5. The molecular formula is C20H20N4O3S. The van der Waals surface area contributed by atoms with Crippen molar-refractivity contribution in [3.63, 3.8) is 0 Å². The monoisotopic (exact) mass is 396 g/mol. The number of rotatable bonds is 4. The number of carbonyl (C=O) groups is 1. The van der Waals surface area contributed by atoms with Crippen LogP contribution in [0, 0.1) is 5.92 Å². The summed E-state index contributed by atoms with van der Waals surface area (Å²) in [6.45, 7) is 2.08. The van der Waals surface area contributed by atoms with E-state index in [4.69, 9.17) is 0 Å². The highest BCUT2D eigenvalue weighted by atomic mass is 32.1. The van der Waals surface area contributed by atoms with Crippen LogP contribution < -0.4 is 11.0 Å². The number of aromatic hydroxyl groups is 1. The van der Waals surface area contributed by atoms with Crippen molar-refractivity contribution in [2.45, 2.75) is 32.7 Å². The molecule has 0 aliphatic heterocycles. The second kappa shape index (κ2) is 7.55. The number of fused-ring (bicyclic) bond motifs is 3. The number of hydrazone groups is 1. The molecule has 1 amide bonds. The second-order valence-corrected chi connectivity index (χ2v) is 8.18. The number of aromatic nitrogens is 2. The topological polar surface area (TPSA) is 96.6 Å². The number of hydrogen-bond acceptors (Lipinski definition) is 6. The van der Waals surface area contributed by atoms with Gasteiger partial charge in [0.15, 0.2) is 0 Å². The summed E-state index contributed by atoms with van der Waals surface area (Å²) in [6, 6.07) is 6.42. The zero-order valence-corrected chi connectivity index (χ0v) is 16.2. The third-order valence-corrected chi connectivity index (χ3v) is 6.05.